The molecule has 1 aromatic carbocycles. The highest BCUT2D eigenvalue weighted by Crippen LogP contribution is 2.32. The van der Waals surface area contributed by atoms with E-state index in [0.717, 1.165) is 51.3 Å². The molecule has 170 valence electrons. The van der Waals surface area contributed by atoms with Crippen molar-refractivity contribution in [2.75, 3.05) is 32.7 Å². The number of hydrogen-bond acceptors (Lipinski definition) is 5. The number of imidazole rings is 1. The third kappa shape index (κ3) is 4.29. The van der Waals surface area contributed by atoms with E-state index in [1.807, 2.05) is 12.3 Å². The van der Waals surface area contributed by atoms with Gasteiger partial charge >= 0.3 is 6.03 Å². The van der Waals surface area contributed by atoms with Crippen LogP contribution in [0.5, 0.6) is 0 Å². The van der Waals surface area contributed by atoms with Gasteiger partial charge in [-0.05, 0) is 44.2 Å². The third-order valence-corrected chi connectivity index (χ3v) is 7.24. The molecule has 0 aliphatic carbocycles. The Bertz CT molecular complexity index is 923. The Morgan fingerprint density at radius 2 is 1.88 bits per heavy atom. The average molecular weight is 437 g/mol. The molecule has 0 radical (unpaired) electrons. The molecule has 3 amide bonds. The smallest absolute Gasteiger partial charge is 0.325 e. The van der Waals surface area contributed by atoms with Gasteiger partial charge in [-0.2, -0.15) is 0 Å². The summed E-state index contributed by atoms with van der Waals surface area (Å²) in [6.07, 6.45) is 7.80. The molecule has 8 heteroatoms. The van der Waals surface area contributed by atoms with Gasteiger partial charge in [-0.25, -0.2) is 9.78 Å². The number of aromatic nitrogens is 2. The van der Waals surface area contributed by atoms with Gasteiger partial charge in [0.05, 0.1) is 12.6 Å². The van der Waals surface area contributed by atoms with Crippen molar-refractivity contribution in [3.63, 3.8) is 0 Å². The predicted molar refractivity (Wildman–Crippen MR) is 121 cm³/mol. The van der Waals surface area contributed by atoms with E-state index < -0.39 is 5.54 Å². The van der Waals surface area contributed by atoms with E-state index in [9.17, 15) is 9.59 Å². The summed E-state index contributed by atoms with van der Waals surface area (Å²) < 4.78 is 0. The Morgan fingerprint density at radius 3 is 2.62 bits per heavy atom. The number of rotatable bonds is 6. The Labute approximate surface area is 189 Å². The molecule has 0 unspecified atom stereocenters. The lowest BCUT2D eigenvalue weighted by Gasteiger charge is -2.39. The molecule has 3 fully saturated rings. The molecular weight excluding hydrogens is 404 g/mol. The van der Waals surface area contributed by atoms with Crippen molar-refractivity contribution in [2.24, 2.45) is 0 Å². The van der Waals surface area contributed by atoms with Crippen molar-refractivity contribution in [1.82, 2.24) is 30.0 Å². The van der Waals surface area contributed by atoms with Crippen LogP contribution in [0.3, 0.4) is 0 Å². The highest BCUT2D eigenvalue weighted by Gasteiger charge is 2.54. The Hall–Kier alpha value is -2.71. The minimum Gasteiger partial charge on any atom is -0.348 e. The van der Waals surface area contributed by atoms with E-state index >= 15 is 0 Å². The number of carbonyl (C=O) groups excluding carboxylic acids is 2. The van der Waals surface area contributed by atoms with Crippen LogP contribution in [0, 0.1) is 0 Å². The van der Waals surface area contributed by atoms with Crippen LogP contribution >= 0.6 is 0 Å². The first-order valence-electron chi connectivity index (χ1n) is 11.8. The normalized spacial score (nSPS) is 24.2. The van der Waals surface area contributed by atoms with Crippen molar-refractivity contribution in [3.05, 3.63) is 54.1 Å². The molecule has 8 nitrogen and oxygen atoms in total. The zero-order valence-corrected chi connectivity index (χ0v) is 18.5. The largest absolute Gasteiger partial charge is 0.348 e. The van der Waals surface area contributed by atoms with Crippen molar-refractivity contribution in [2.45, 2.75) is 50.2 Å². The molecule has 2 aromatic rings. The van der Waals surface area contributed by atoms with Crippen molar-refractivity contribution < 1.29 is 9.59 Å². The molecule has 4 heterocycles. The molecule has 32 heavy (non-hydrogen) atoms. The summed E-state index contributed by atoms with van der Waals surface area (Å²) in [4.78, 5) is 40.1. The molecule has 3 saturated heterocycles. The monoisotopic (exact) mass is 436 g/mol. The van der Waals surface area contributed by atoms with E-state index in [1.165, 1.54) is 10.5 Å². The summed E-state index contributed by atoms with van der Waals surface area (Å²) in [6, 6.07) is 10.2. The number of urea groups is 1. The van der Waals surface area contributed by atoms with Crippen molar-refractivity contribution >= 4 is 11.9 Å². The second-order valence-corrected chi connectivity index (χ2v) is 9.33. The fourth-order valence-corrected chi connectivity index (χ4v) is 5.38. The van der Waals surface area contributed by atoms with Crippen LogP contribution in [0.25, 0.3) is 0 Å². The number of amides is 3. The van der Waals surface area contributed by atoms with Crippen molar-refractivity contribution in [3.8, 4) is 0 Å². The number of carbonyl (C=O) groups is 2. The predicted octanol–water partition coefficient (Wildman–Crippen LogP) is 2.00. The highest BCUT2D eigenvalue weighted by molar-refractivity contribution is 6.07. The number of piperidine rings is 2. The van der Waals surface area contributed by atoms with E-state index in [4.69, 9.17) is 0 Å². The summed E-state index contributed by atoms with van der Waals surface area (Å²) in [6.45, 7) is 5.04. The van der Waals surface area contributed by atoms with Crippen LogP contribution in [-0.4, -0.2) is 80.9 Å². The van der Waals surface area contributed by atoms with Crippen LogP contribution < -0.4 is 5.32 Å². The first-order chi connectivity index (χ1) is 15.6. The molecular formula is C24H32N6O2. The maximum absolute atomic E-state index is 13.5. The molecule has 0 bridgehead atoms. The summed E-state index contributed by atoms with van der Waals surface area (Å²) >= 11 is 0. The number of benzene rings is 1. The summed E-state index contributed by atoms with van der Waals surface area (Å²) in [5.74, 6) is 0.900. The topological polar surface area (TPSA) is 84.6 Å². The first-order valence-corrected chi connectivity index (χ1v) is 11.8. The van der Waals surface area contributed by atoms with Gasteiger partial charge in [-0.3, -0.25) is 14.6 Å². The molecule has 0 saturated carbocycles. The number of imide groups is 1. The van der Waals surface area contributed by atoms with Crippen LogP contribution in [0.1, 0.15) is 37.1 Å². The molecule has 3 aliphatic rings. The lowest BCUT2D eigenvalue weighted by Crippen LogP contribution is -2.56. The van der Waals surface area contributed by atoms with Gasteiger partial charge in [-0.1, -0.05) is 30.3 Å². The van der Waals surface area contributed by atoms with Gasteiger partial charge in [0.25, 0.3) is 5.91 Å². The number of likely N-dealkylation sites (tertiary alicyclic amines) is 2. The SMILES string of the molecule is O=C1NC2(CCN(CCc3ccccc3)CC2)C(=O)N1[C@H]1CCCN(Cc2ncc[nH]2)C1. The van der Waals surface area contributed by atoms with E-state index in [1.54, 1.807) is 6.20 Å². The number of nitrogens with one attached hydrogen (secondary N) is 2. The van der Waals surface area contributed by atoms with Gasteiger partial charge in [-0.15, -0.1) is 0 Å². The number of nitrogens with zero attached hydrogens (tertiary/aromatic N) is 4. The fraction of sp³-hybridized carbons (Fsp3) is 0.542. The number of hydrogen-bond donors (Lipinski definition) is 2. The minimum atomic E-state index is -0.719. The first kappa shape index (κ1) is 21.2. The maximum Gasteiger partial charge on any atom is 0.325 e. The number of H-pyrrole nitrogens is 1. The van der Waals surface area contributed by atoms with Crippen molar-refractivity contribution in [1.29, 1.82) is 0 Å². The van der Waals surface area contributed by atoms with Gasteiger partial charge in [0.15, 0.2) is 0 Å². The maximum atomic E-state index is 13.5. The van der Waals surface area contributed by atoms with Crippen LogP contribution in [0.15, 0.2) is 42.7 Å². The second-order valence-electron chi connectivity index (χ2n) is 9.33. The Kier molecular flexibility index (Phi) is 5.97. The summed E-state index contributed by atoms with van der Waals surface area (Å²) in [7, 11) is 0. The third-order valence-electron chi connectivity index (χ3n) is 7.24. The van der Waals surface area contributed by atoms with Gasteiger partial charge in [0.2, 0.25) is 0 Å². The van der Waals surface area contributed by atoms with E-state index in [-0.39, 0.29) is 18.0 Å². The molecule has 1 atom stereocenters. The van der Waals surface area contributed by atoms with Crippen LogP contribution in [-0.2, 0) is 17.8 Å². The summed E-state index contributed by atoms with van der Waals surface area (Å²) in [5, 5.41) is 3.09. The molecule has 3 aliphatic heterocycles. The minimum absolute atomic E-state index is 0.0185. The average Bonchev–Trinajstić information content (AvgIpc) is 3.40. The molecule has 5 rings (SSSR count). The van der Waals surface area contributed by atoms with E-state index in [0.29, 0.717) is 25.9 Å². The summed E-state index contributed by atoms with van der Waals surface area (Å²) in [5.41, 5.74) is 0.615. The van der Waals surface area contributed by atoms with Crippen LogP contribution in [0.2, 0.25) is 0 Å². The molecule has 2 N–H and O–H groups in total. The van der Waals surface area contributed by atoms with Gasteiger partial charge < -0.3 is 15.2 Å². The Morgan fingerprint density at radius 1 is 1.06 bits per heavy atom. The van der Waals surface area contributed by atoms with Gasteiger partial charge in [0.1, 0.15) is 11.4 Å². The quantitative estimate of drug-likeness (QED) is 0.677. The standard InChI is InChI=1S/C24H32N6O2/c31-22-24(9-15-28(16-10-24)14-8-19-5-2-1-3-6-19)27-23(32)30(22)20-7-4-13-29(17-20)18-21-25-11-12-26-21/h1-3,5-6,11-12,20H,4,7-10,13-18H2,(H,25,26)(H,27,32)/t20-/m0/s1. The van der Waals surface area contributed by atoms with E-state index in [2.05, 4.69) is 49.4 Å². The van der Waals surface area contributed by atoms with Crippen LogP contribution in [0.4, 0.5) is 4.79 Å². The second kappa shape index (κ2) is 9.03. The lowest BCUT2D eigenvalue weighted by atomic mass is 9.87. The highest BCUT2D eigenvalue weighted by atomic mass is 16.2. The fourth-order valence-electron chi connectivity index (χ4n) is 5.38. The lowest BCUT2D eigenvalue weighted by molar-refractivity contribution is -0.135. The zero-order valence-electron chi connectivity index (χ0n) is 18.5. The molecule has 1 aromatic heterocycles. The zero-order chi connectivity index (χ0) is 22.0. The van der Waals surface area contributed by atoms with Gasteiger partial charge in [0, 0.05) is 38.6 Å². The Balaban J connectivity index is 1.18. The molecule has 1 spiro atoms. The number of aromatic amines is 1.